The predicted octanol–water partition coefficient (Wildman–Crippen LogP) is 2.43. The predicted molar refractivity (Wildman–Crippen MR) is 75.0 cm³/mol. The van der Waals surface area contributed by atoms with Crippen LogP contribution in [-0.2, 0) is 13.5 Å². The van der Waals surface area contributed by atoms with Crippen molar-refractivity contribution in [2.24, 2.45) is 7.05 Å². The minimum Gasteiger partial charge on any atom is -0.352 e. The van der Waals surface area contributed by atoms with Gasteiger partial charge in [-0.05, 0) is 38.0 Å². The fraction of sp³-hybridized carbons (Fsp3) is 0.333. The highest BCUT2D eigenvalue weighted by Crippen LogP contribution is 2.15. The largest absolute Gasteiger partial charge is 0.352 e. The lowest BCUT2D eigenvalue weighted by atomic mass is 10.1. The number of halogens is 3. The summed E-state index contributed by atoms with van der Waals surface area (Å²) in [5.74, 6) is -5.23. The number of carbonyl (C=O) groups is 1. The normalized spacial score (nSPS) is 10.8. The summed E-state index contributed by atoms with van der Waals surface area (Å²) >= 11 is 0. The average Bonchev–Trinajstić information content (AvgIpc) is 2.71. The van der Waals surface area contributed by atoms with E-state index in [4.69, 9.17) is 0 Å². The Balaban J connectivity index is 2.03. The van der Waals surface area contributed by atoms with Crippen LogP contribution < -0.4 is 5.32 Å². The molecule has 118 valence electrons. The minimum absolute atomic E-state index is 0.241. The van der Waals surface area contributed by atoms with Crippen molar-refractivity contribution in [1.82, 2.24) is 15.1 Å². The second-order valence-electron chi connectivity index (χ2n) is 5.00. The van der Waals surface area contributed by atoms with Gasteiger partial charge in [-0.3, -0.25) is 9.48 Å². The van der Waals surface area contributed by atoms with Gasteiger partial charge in [0, 0.05) is 19.3 Å². The molecule has 7 heteroatoms. The first-order valence-corrected chi connectivity index (χ1v) is 6.73. The van der Waals surface area contributed by atoms with Crippen LogP contribution in [0.5, 0.6) is 0 Å². The molecule has 4 nitrogen and oxygen atoms in total. The Bertz CT molecular complexity index is 725. The molecule has 0 fully saturated rings. The maximum Gasteiger partial charge on any atom is 0.254 e. The second-order valence-corrected chi connectivity index (χ2v) is 5.00. The van der Waals surface area contributed by atoms with Gasteiger partial charge in [-0.2, -0.15) is 5.10 Å². The first kappa shape index (κ1) is 16.1. The smallest absolute Gasteiger partial charge is 0.254 e. The molecule has 1 N–H and O–H groups in total. The van der Waals surface area contributed by atoms with E-state index in [1.165, 1.54) is 0 Å². The molecule has 22 heavy (non-hydrogen) atoms. The van der Waals surface area contributed by atoms with E-state index in [1.807, 2.05) is 20.9 Å². The highest BCUT2D eigenvalue weighted by molar-refractivity contribution is 5.94. The molecule has 1 aromatic heterocycles. The molecule has 0 aliphatic rings. The molecule has 2 aromatic rings. The number of nitrogens with one attached hydrogen (secondary N) is 1. The molecule has 0 radical (unpaired) electrons. The van der Waals surface area contributed by atoms with Gasteiger partial charge in [-0.15, -0.1) is 0 Å². The molecule has 0 saturated heterocycles. The molecule has 0 spiro atoms. The van der Waals surface area contributed by atoms with Crippen molar-refractivity contribution in [3.8, 4) is 0 Å². The summed E-state index contributed by atoms with van der Waals surface area (Å²) in [6.07, 6.45) is 0.516. The van der Waals surface area contributed by atoms with Crippen LogP contribution in [0.15, 0.2) is 12.1 Å². The van der Waals surface area contributed by atoms with Gasteiger partial charge < -0.3 is 5.32 Å². The molecule has 0 bridgehead atoms. The van der Waals surface area contributed by atoms with Crippen LogP contribution in [0.3, 0.4) is 0 Å². The summed E-state index contributed by atoms with van der Waals surface area (Å²) < 4.78 is 41.2. The maximum atomic E-state index is 13.5. The number of amides is 1. The van der Waals surface area contributed by atoms with Gasteiger partial charge >= 0.3 is 0 Å². The Kier molecular flexibility index (Phi) is 4.54. The van der Waals surface area contributed by atoms with Gasteiger partial charge in [0.15, 0.2) is 17.5 Å². The van der Waals surface area contributed by atoms with Crippen LogP contribution >= 0.6 is 0 Å². The number of hydrogen-bond acceptors (Lipinski definition) is 2. The molecule has 2 rings (SSSR count). The van der Waals surface area contributed by atoms with E-state index < -0.39 is 28.9 Å². The first-order chi connectivity index (χ1) is 10.3. The van der Waals surface area contributed by atoms with Crippen LogP contribution in [-0.4, -0.2) is 22.2 Å². The SMILES string of the molecule is Cc1nn(C)c(C)c1CCNC(=O)c1ccc(F)c(F)c1F. The van der Waals surface area contributed by atoms with Crippen LogP contribution in [0, 0.1) is 31.3 Å². The zero-order chi connectivity index (χ0) is 16.4. The Hall–Kier alpha value is -2.31. The van der Waals surface area contributed by atoms with Crippen molar-refractivity contribution in [2.75, 3.05) is 6.54 Å². The third kappa shape index (κ3) is 2.98. The first-order valence-electron chi connectivity index (χ1n) is 6.73. The molecule has 0 atom stereocenters. The monoisotopic (exact) mass is 311 g/mol. The lowest BCUT2D eigenvalue weighted by Gasteiger charge is -2.07. The van der Waals surface area contributed by atoms with Crippen LogP contribution in [0.1, 0.15) is 27.3 Å². The highest BCUT2D eigenvalue weighted by Gasteiger charge is 2.18. The van der Waals surface area contributed by atoms with E-state index in [0.717, 1.165) is 29.1 Å². The fourth-order valence-corrected chi connectivity index (χ4v) is 2.28. The molecule has 0 saturated carbocycles. The Morgan fingerprint density at radius 3 is 2.50 bits per heavy atom. The molecular weight excluding hydrogens is 295 g/mol. The van der Waals surface area contributed by atoms with E-state index in [9.17, 15) is 18.0 Å². The van der Waals surface area contributed by atoms with E-state index in [1.54, 1.807) is 4.68 Å². The highest BCUT2D eigenvalue weighted by atomic mass is 19.2. The average molecular weight is 311 g/mol. The number of nitrogens with zero attached hydrogens (tertiary/aromatic N) is 2. The van der Waals surface area contributed by atoms with Gasteiger partial charge in [0.2, 0.25) is 0 Å². The minimum atomic E-state index is -1.65. The van der Waals surface area contributed by atoms with Crippen LogP contribution in [0.25, 0.3) is 0 Å². The number of aryl methyl sites for hydroxylation is 2. The second kappa shape index (κ2) is 6.21. The fourth-order valence-electron chi connectivity index (χ4n) is 2.28. The van der Waals surface area contributed by atoms with E-state index in [0.29, 0.717) is 6.42 Å². The van der Waals surface area contributed by atoms with Gasteiger partial charge in [0.25, 0.3) is 5.91 Å². The lowest BCUT2D eigenvalue weighted by Crippen LogP contribution is -2.27. The van der Waals surface area contributed by atoms with Crippen molar-refractivity contribution in [3.05, 3.63) is 52.1 Å². The van der Waals surface area contributed by atoms with Crippen LogP contribution in [0.4, 0.5) is 13.2 Å². The molecule has 0 unspecified atom stereocenters. The van der Waals surface area contributed by atoms with Gasteiger partial charge in [0.05, 0.1) is 11.3 Å². The van der Waals surface area contributed by atoms with Crippen molar-refractivity contribution < 1.29 is 18.0 Å². The molecule has 1 amide bonds. The number of carbonyl (C=O) groups excluding carboxylic acids is 1. The van der Waals surface area contributed by atoms with Gasteiger partial charge in [0.1, 0.15) is 0 Å². The summed E-state index contributed by atoms with van der Waals surface area (Å²) in [7, 11) is 1.82. The lowest BCUT2D eigenvalue weighted by molar-refractivity contribution is 0.0948. The number of hydrogen-bond donors (Lipinski definition) is 1. The van der Waals surface area contributed by atoms with Gasteiger partial charge in [-0.25, -0.2) is 13.2 Å². The molecule has 0 aliphatic carbocycles. The summed E-state index contributed by atoms with van der Waals surface area (Å²) in [6.45, 7) is 4.01. The maximum absolute atomic E-state index is 13.5. The summed E-state index contributed by atoms with van der Waals surface area (Å²) in [4.78, 5) is 11.8. The topological polar surface area (TPSA) is 46.9 Å². The molecule has 1 aromatic carbocycles. The Labute approximate surface area is 125 Å². The zero-order valence-corrected chi connectivity index (χ0v) is 12.5. The Morgan fingerprint density at radius 1 is 1.23 bits per heavy atom. The summed E-state index contributed by atoms with van der Waals surface area (Å²) in [5, 5.41) is 6.75. The van der Waals surface area contributed by atoms with Crippen molar-refractivity contribution in [3.63, 3.8) is 0 Å². The zero-order valence-electron chi connectivity index (χ0n) is 12.5. The van der Waals surface area contributed by atoms with E-state index >= 15 is 0 Å². The van der Waals surface area contributed by atoms with Gasteiger partial charge in [-0.1, -0.05) is 0 Å². The van der Waals surface area contributed by atoms with Crippen LogP contribution in [0.2, 0.25) is 0 Å². The number of rotatable bonds is 4. The number of aromatic nitrogens is 2. The third-order valence-corrected chi connectivity index (χ3v) is 3.60. The van der Waals surface area contributed by atoms with E-state index in [2.05, 4.69) is 10.4 Å². The van der Waals surface area contributed by atoms with Crippen molar-refractivity contribution >= 4 is 5.91 Å². The van der Waals surface area contributed by atoms with Crippen molar-refractivity contribution in [1.29, 1.82) is 0 Å². The number of benzene rings is 1. The standard InChI is InChI=1S/C15H16F3N3O/c1-8-10(9(2)21(3)20-8)6-7-19-15(22)11-4-5-12(16)14(18)13(11)17/h4-5H,6-7H2,1-3H3,(H,19,22). The molecule has 1 heterocycles. The summed E-state index contributed by atoms with van der Waals surface area (Å²) in [5.41, 5.74) is 2.31. The van der Waals surface area contributed by atoms with E-state index in [-0.39, 0.29) is 6.54 Å². The molecule has 0 aliphatic heterocycles. The third-order valence-electron chi connectivity index (χ3n) is 3.60. The molecular formula is C15H16F3N3O. The summed E-state index contributed by atoms with van der Waals surface area (Å²) in [6, 6.07) is 1.65. The van der Waals surface area contributed by atoms with Crippen molar-refractivity contribution in [2.45, 2.75) is 20.3 Å². The Morgan fingerprint density at radius 2 is 1.91 bits per heavy atom. The quantitative estimate of drug-likeness (QED) is 0.882.